The van der Waals surface area contributed by atoms with Crippen LogP contribution in [0, 0.1) is 23.2 Å². The molecule has 0 fully saturated rings. The van der Waals surface area contributed by atoms with Crippen LogP contribution >= 0.6 is 0 Å². The summed E-state index contributed by atoms with van der Waals surface area (Å²) >= 11 is 0. The summed E-state index contributed by atoms with van der Waals surface area (Å²) < 4.78 is 5.17. The van der Waals surface area contributed by atoms with Crippen molar-refractivity contribution in [3.8, 4) is 6.07 Å². The normalized spacial score (nSPS) is 18.0. The SMILES string of the molecule is CCOC(=O)C(C#N)[C@H](C[C@@H](C)c1ccccc1)C1=CCCCC1. The number of benzene rings is 1. The lowest BCUT2D eigenvalue weighted by Gasteiger charge is -2.28. The van der Waals surface area contributed by atoms with Crippen LogP contribution in [0.25, 0.3) is 0 Å². The van der Waals surface area contributed by atoms with Crippen molar-refractivity contribution in [2.45, 2.75) is 51.9 Å². The maximum atomic E-state index is 12.3. The Labute approximate surface area is 145 Å². The van der Waals surface area contributed by atoms with Crippen molar-refractivity contribution < 1.29 is 9.53 Å². The van der Waals surface area contributed by atoms with Crippen LogP contribution in [-0.2, 0) is 9.53 Å². The summed E-state index contributed by atoms with van der Waals surface area (Å²) in [5.41, 5.74) is 2.52. The first-order valence-corrected chi connectivity index (χ1v) is 8.97. The van der Waals surface area contributed by atoms with E-state index in [2.05, 4.69) is 31.2 Å². The van der Waals surface area contributed by atoms with E-state index in [4.69, 9.17) is 4.74 Å². The van der Waals surface area contributed by atoms with Crippen LogP contribution in [0.3, 0.4) is 0 Å². The second-order valence-electron chi connectivity index (χ2n) is 6.54. The van der Waals surface area contributed by atoms with Crippen molar-refractivity contribution in [3.63, 3.8) is 0 Å². The van der Waals surface area contributed by atoms with E-state index in [1.54, 1.807) is 6.92 Å². The highest BCUT2D eigenvalue weighted by Gasteiger charge is 2.33. The van der Waals surface area contributed by atoms with Gasteiger partial charge in [-0.3, -0.25) is 4.79 Å². The molecule has 0 aromatic heterocycles. The first-order valence-electron chi connectivity index (χ1n) is 8.97. The average molecular weight is 325 g/mol. The average Bonchev–Trinajstić information content (AvgIpc) is 2.63. The van der Waals surface area contributed by atoms with Crippen LogP contribution in [0.4, 0.5) is 0 Å². The zero-order valence-electron chi connectivity index (χ0n) is 14.7. The van der Waals surface area contributed by atoms with Gasteiger partial charge < -0.3 is 4.74 Å². The number of rotatable bonds is 7. The highest BCUT2D eigenvalue weighted by Crippen LogP contribution is 2.37. The molecule has 0 spiro atoms. The number of carbonyl (C=O) groups excluding carboxylic acids is 1. The monoisotopic (exact) mass is 325 g/mol. The molecule has 1 aliphatic carbocycles. The molecule has 0 amide bonds. The Morgan fingerprint density at radius 3 is 2.62 bits per heavy atom. The third kappa shape index (κ3) is 4.71. The second kappa shape index (κ2) is 9.27. The molecular weight excluding hydrogens is 298 g/mol. The molecule has 0 saturated heterocycles. The van der Waals surface area contributed by atoms with Gasteiger partial charge in [0.05, 0.1) is 12.7 Å². The summed E-state index contributed by atoms with van der Waals surface area (Å²) in [7, 11) is 0. The number of esters is 1. The Bertz CT molecular complexity index is 600. The zero-order valence-corrected chi connectivity index (χ0v) is 14.7. The maximum absolute atomic E-state index is 12.3. The van der Waals surface area contributed by atoms with Crippen molar-refractivity contribution in [1.82, 2.24) is 0 Å². The number of allylic oxidation sites excluding steroid dienone is 2. The van der Waals surface area contributed by atoms with Gasteiger partial charge in [0.2, 0.25) is 0 Å². The van der Waals surface area contributed by atoms with Gasteiger partial charge in [-0.15, -0.1) is 0 Å². The van der Waals surface area contributed by atoms with Crippen molar-refractivity contribution in [3.05, 3.63) is 47.5 Å². The third-order valence-corrected chi connectivity index (χ3v) is 4.86. The Hall–Kier alpha value is -2.08. The Balaban J connectivity index is 2.23. The molecule has 1 aromatic carbocycles. The van der Waals surface area contributed by atoms with Crippen molar-refractivity contribution >= 4 is 5.97 Å². The fraction of sp³-hybridized carbons (Fsp3) is 0.524. The van der Waals surface area contributed by atoms with Gasteiger partial charge in [-0.05, 0) is 50.5 Å². The van der Waals surface area contributed by atoms with Gasteiger partial charge in [-0.2, -0.15) is 5.26 Å². The minimum atomic E-state index is -0.708. The van der Waals surface area contributed by atoms with Gasteiger partial charge >= 0.3 is 5.97 Å². The van der Waals surface area contributed by atoms with Gasteiger partial charge in [0, 0.05) is 5.92 Å². The number of ether oxygens (including phenoxy) is 1. The maximum Gasteiger partial charge on any atom is 0.323 e. The van der Waals surface area contributed by atoms with Gasteiger partial charge in [0.25, 0.3) is 0 Å². The van der Waals surface area contributed by atoms with E-state index >= 15 is 0 Å². The quantitative estimate of drug-likeness (QED) is 0.523. The van der Waals surface area contributed by atoms with Crippen LogP contribution in [0.1, 0.15) is 57.4 Å². The van der Waals surface area contributed by atoms with Gasteiger partial charge in [-0.1, -0.05) is 48.9 Å². The molecule has 3 nitrogen and oxygen atoms in total. The van der Waals surface area contributed by atoms with Crippen LogP contribution < -0.4 is 0 Å². The Morgan fingerprint density at radius 1 is 1.29 bits per heavy atom. The number of nitriles is 1. The number of hydrogen-bond donors (Lipinski definition) is 0. The summed E-state index contributed by atoms with van der Waals surface area (Å²) in [5.74, 6) is -0.842. The lowest BCUT2D eigenvalue weighted by Crippen LogP contribution is -2.28. The van der Waals surface area contributed by atoms with E-state index in [1.165, 1.54) is 17.6 Å². The summed E-state index contributed by atoms with van der Waals surface area (Å²) in [5, 5.41) is 9.63. The van der Waals surface area contributed by atoms with Crippen LogP contribution in [-0.4, -0.2) is 12.6 Å². The summed E-state index contributed by atoms with van der Waals surface area (Å²) in [6.07, 6.45) is 7.42. The van der Waals surface area contributed by atoms with E-state index in [-0.39, 0.29) is 11.9 Å². The highest BCUT2D eigenvalue weighted by atomic mass is 16.5. The Kier molecular flexibility index (Phi) is 7.06. The molecule has 1 unspecified atom stereocenters. The molecule has 1 aromatic rings. The van der Waals surface area contributed by atoms with Crippen LogP contribution in [0.2, 0.25) is 0 Å². The number of carbonyl (C=O) groups is 1. The molecule has 0 bridgehead atoms. The van der Waals surface area contributed by atoms with E-state index in [1.807, 2.05) is 18.2 Å². The second-order valence-corrected chi connectivity index (χ2v) is 6.54. The van der Waals surface area contributed by atoms with E-state index in [0.29, 0.717) is 12.5 Å². The standard InChI is InChI=1S/C21H27NO2/c1-3-24-21(23)20(15-22)19(18-12-8-5-9-13-18)14-16(2)17-10-6-4-7-11-17/h4,6-7,10-12,16,19-20H,3,5,8-9,13-14H2,1-2H3/t16-,19-,20?/m1/s1. The summed E-state index contributed by atoms with van der Waals surface area (Å²) in [6.45, 7) is 4.27. The van der Waals surface area contributed by atoms with Crippen molar-refractivity contribution in [2.24, 2.45) is 11.8 Å². The van der Waals surface area contributed by atoms with E-state index in [0.717, 1.165) is 25.7 Å². The largest absolute Gasteiger partial charge is 0.465 e. The Morgan fingerprint density at radius 2 is 2.04 bits per heavy atom. The molecule has 0 radical (unpaired) electrons. The molecule has 0 N–H and O–H groups in total. The third-order valence-electron chi connectivity index (χ3n) is 4.86. The van der Waals surface area contributed by atoms with Crippen LogP contribution in [0.5, 0.6) is 0 Å². The minimum Gasteiger partial charge on any atom is -0.465 e. The fourth-order valence-electron chi connectivity index (χ4n) is 3.54. The van der Waals surface area contributed by atoms with Gasteiger partial charge in [-0.25, -0.2) is 0 Å². The molecule has 128 valence electrons. The molecule has 2 rings (SSSR count). The summed E-state index contributed by atoms with van der Waals surface area (Å²) in [4.78, 5) is 12.3. The molecule has 1 aliphatic rings. The molecule has 0 saturated carbocycles. The van der Waals surface area contributed by atoms with E-state index in [9.17, 15) is 10.1 Å². The lowest BCUT2D eigenvalue weighted by molar-refractivity contribution is -0.147. The molecule has 3 heteroatoms. The molecule has 24 heavy (non-hydrogen) atoms. The topological polar surface area (TPSA) is 50.1 Å². The predicted octanol–water partition coefficient (Wildman–Crippen LogP) is 5.00. The van der Waals surface area contributed by atoms with E-state index < -0.39 is 5.92 Å². The predicted molar refractivity (Wildman–Crippen MR) is 95.3 cm³/mol. The van der Waals surface area contributed by atoms with Gasteiger partial charge in [0.1, 0.15) is 0 Å². The first kappa shape index (κ1) is 18.3. The van der Waals surface area contributed by atoms with Crippen molar-refractivity contribution in [1.29, 1.82) is 5.26 Å². The summed E-state index contributed by atoms with van der Waals surface area (Å²) in [6, 6.07) is 12.5. The molecule has 0 heterocycles. The first-order chi connectivity index (χ1) is 11.7. The minimum absolute atomic E-state index is 0.0513. The van der Waals surface area contributed by atoms with Crippen LogP contribution in [0.15, 0.2) is 42.0 Å². The smallest absolute Gasteiger partial charge is 0.323 e. The molecule has 0 aliphatic heterocycles. The highest BCUT2D eigenvalue weighted by molar-refractivity contribution is 5.76. The number of nitrogens with zero attached hydrogens (tertiary/aromatic N) is 1. The molecule has 3 atom stereocenters. The fourth-order valence-corrected chi connectivity index (χ4v) is 3.54. The zero-order chi connectivity index (χ0) is 17.4. The number of hydrogen-bond acceptors (Lipinski definition) is 3. The van der Waals surface area contributed by atoms with Gasteiger partial charge in [0.15, 0.2) is 5.92 Å². The lowest BCUT2D eigenvalue weighted by atomic mass is 9.75. The molecular formula is C21H27NO2. The van der Waals surface area contributed by atoms with Crippen molar-refractivity contribution in [2.75, 3.05) is 6.61 Å².